The molecule has 13 aromatic rings. The van der Waals surface area contributed by atoms with E-state index in [0.717, 1.165) is 66.8 Å². The summed E-state index contributed by atoms with van der Waals surface area (Å²) in [6.45, 7) is 0. The maximum Gasteiger partial charge on any atom is 0.136 e. The molecule has 12 aromatic carbocycles. The van der Waals surface area contributed by atoms with Gasteiger partial charge < -0.3 is 9.32 Å². The molecule has 0 unspecified atom stereocenters. The minimum Gasteiger partial charge on any atom is -0.456 e. The first-order valence-electron chi connectivity index (χ1n) is 24.0. The molecule has 328 valence electrons. The highest BCUT2D eigenvalue weighted by Crippen LogP contribution is 2.47. The number of furan rings is 1. The average molecular weight is 892 g/mol. The van der Waals surface area contributed by atoms with Crippen molar-refractivity contribution in [2.75, 3.05) is 4.90 Å². The number of nitrogens with zero attached hydrogens (tertiary/aromatic N) is 1. The van der Waals surface area contributed by atoms with E-state index in [0.29, 0.717) is 0 Å². The lowest BCUT2D eigenvalue weighted by molar-refractivity contribution is 0.669. The topological polar surface area (TPSA) is 16.4 Å². The molecule has 0 bridgehead atoms. The first-order chi connectivity index (χ1) is 34.7. The van der Waals surface area contributed by atoms with Crippen LogP contribution in [0.15, 0.2) is 277 Å². The van der Waals surface area contributed by atoms with E-state index in [-0.39, 0.29) is 0 Å². The fourth-order valence-corrected chi connectivity index (χ4v) is 10.6. The first-order valence-corrected chi connectivity index (χ1v) is 24.0. The van der Waals surface area contributed by atoms with Crippen molar-refractivity contribution in [3.05, 3.63) is 273 Å². The van der Waals surface area contributed by atoms with Crippen LogP contribution in [0.25, 0.3) is 110 Å². The molecule has 13 rings (SSSR count). The summed E-state index contributed by atoms with van der Waals surface area (Å²) in [6.07, 6.45) is 0. The summed E-state index contributed by atoms with van der Waals surface area (Å²) < 4.78 is 6.31. The Kier molecular flexibility index (Phi) is 10.2. The van der Waals surface area contributed by atoms with Crippen molar-refractivity contribution in [1.29, 1.82) is 0 Å². The van der Waals surface area contributed by atoms with Gasteiger partial charge in [0.1, 0.15) is 11.2 Å². The van der Waals surface area contributed by atoms with Crippen molar-refractivity contribution in [3.63, 3.8) is 0 Å². The number of rotatable bonds is 9. The molecule has 1 heterocycles. The lowest BCUT2D eigenvalue weighted by Crippen LogP contribution is -2.10. The third-order valence-electron chi connectivity index (χ3n) is 13.8. The van der Waals surface area contributed by atoms with Crippen LogP contribution in [0.5, 0.6) is 0 Å². The second-order valence-electron chi connectivity index (χ2n) is 18.0. The number of hydrogen-bond donors (Lipinski definition) is 0. The van der Waals surface area contributed by atoms with Gasteiger partial charge in [0, 0.05) is 27.8 Å². The summed E-state index contributed by atoms with van der Waals surface area (Å²) >= 11 is 0. The molecule has 0 aliphatic rings. The molecular weight excluding hydrogens is 847 g/mol. The summed E-state index contributed by atoms with van der Waals surface area (Å²) in [5.41, 5.74) is 19.1. The van der Waals surface area contributed by atoms with Crippen LogP contribution in [0.3, 0.4) is 0 Å². The van der Waals surface area contributed by atoms with Gasteiger partial charge in [0.15, 0.2) is 0 Å². The molecular formula is C68H45NO. The minimum atomic E-state index is 0.892. The van der Waals surface area contributed by atoms with E-state index in [1.165, 1.54) is 60.5 Å². The number of anilines is 3. The summed E-state index contributed by atoms with van der Waals surface area (Å²) in [5, 5.41) is 7.24. The van der Waals surface area contributed by atoms with E-state index in [1.54, 1.807) is 0 Å². The normalized spacial score (nSPS) is 11.4. The summed E-state index contributed by atoms with van der Waals surface area (Å²) in [5.74, 6) is 0. The van der Waals surface area contributed by atoms with Gasteiger partial charge >= 0.3 is 0 Å². The van der Waals surface area contributed by atoms with Gasteiger partial charge in [0.05, 0.1) is 0 Å². The minimum absolute atomic E-state index is 0.892. The number of para-hydroxylation sites is 1. The second kappa shape index (κ2) is 17.4. The Morgan fingerprint density at radius 1 is 0.229 bits per heavy atom. The Bertz CT molecular complexity index is 3950. The quantitative estimate of drug-likeness (QED) is 0.134. The van der Waals surface area contributed by atoms with Gasteiger partial charge in [-0.3, -0.25) is 0 Å². The predicted octanol–water partition coefficient (Wildman–Crippen LogP) is 19.4. The summed E-state index contributed by atoms with van der Waals surface area (Å²) in [4.78, 5) is 2.40. The van der Waals surface area contributed by atoms with Crippen molar-refractivity contribution in [3.8, 4) is 66.8 Å². The molecule has 0 saturated heterocycles. The molecule has 0 aliphatic heterocycles. The first kappa shape index (κ1) is 41.0. The molecule has 70 heavy (non-hydrogen) atoms. The Hall–Kier alpha value is -9.24. The fraction of sp³-hybridized carbons (Fsp3) is 0. The summed E-state index contributed by atoms with van der Waals surface area (Å²) in [7, 11) is 0. The van der Waals surface area contributed by atoms with Crippen molar-refractivity contribution in [2.24, 2.45) is 0 Å². The predicted molar refractivity (Wildman–Crippen MR) is 296 cm³/mol. The van der Waals surface area contributed by atoms with Gasteiger partial charge in [-0.15, -0.1) is 0 Å². The highest BCUT2D eigenvalue weighted by molar-refractivity contribution is 6.22. The van der Waals surface area contributed by atoms with Gasteiger partial charge in [-0.2, -0.15) is 0 Å². The van der Waals surface area contributed by atoms with E-state index in [2.05, 4.69) is 266 Å². The third kappa shape index (κ3) is 7.31. The van der Waals surface area contributed by atoms with Crippen LogP contribution in [0.4, 0.5) is 17.1 Å². The van der Waals surface area contributed by atoms with Crippen LogP contribution in [-0.4, -0.2) is 0 Å². The van der Waals surface area contributed by atoms with Gasteiger partial charge in [0.2, 0.25) is 0 Å². The molecule has 0 fully saturated rings. The molecule has 0 N–H and O–H groups in total. The van der Waals surface area contributed by atoms with Crippen molar-refractivity contribution in [1.82, 2.24) is 0 Å². The van der Waals surface area contributed by atoms with E-state index in [1.807, 2.05) is 12.1 Å². The molecule has 0 saturated carbocycles. The number of fused-ring (bicyclic) bond motifs is 6. The molecule has 0 spiro atoms. The largest absolute Gasteiger partial charge is 0.456 e. The number of hydrogen-bond acceptors (Lipinski definition) is 2. The molecule has 2 nitrogen and oxygen atoms in total. The highest BCUT2D eigenvalue weighted by Gasteiger charge is 2.21. The van der Waals surface area contributed by atoms with Crippen LogP contribution in [0.2, 0.25) is 0 Å². The van der Waals surface area contributed by atoms with Crippen LogP contribution in [0.1, 0.15) is 0 Å². The van der Waals surface area contributed by atoms with Gasteiger partial charge in [-0.25, -0.2) is 0 Å². The van der Waals surface area contributed by atoms with Gasteiger partial charge in [0.25, 0.3) is 0 Å². The molecule has 2 heteroatoms. The molecule has 0 radical (unpaired) electrons. The smallest absolute Gasteiger partial charge is 0.136 e. The average Bonchev–Trinajstić information content (AvgIpc) is 3.83. The lowest BCUT2D eigenvalue weighted by atomic mass is 9.84. The third-order valence-corrected chi connectivity index (χ3v) is 13.8. The highest BCUT2D eigenvalue weighted by atomic mass is 16.3. The standard InChI is InChI=1S/C68H45NO/c1-5-18-46(19-6-1)53-42-54(47-20-7-2-8-21-47)44-57(43-53)69(56-39-34-49(35-40-56)58-29-17-31-65-68(58)62-28-15-16-30-64(62)70-65)55-37-32-48(33-38-55)52-36-41-60-59-26-13-14-27-61(59)66(50-22-9-3-10-23-50)67(63(60)45-52)51-24-11-4-12-25-51/h1-45H. The van der Waals surface area contributed by atoms with Crippen LogP contribution in [-0.2, 0) is 0 Å². The molecule has 0 aliphatic carbocycles. The van der Waals surface area contributed by atoms with E-state index < -0.39 is 0 Å². The van der Waals surface area contributed by atoms with E-state index in [4.69, 9.17) is 4.42 Å². The maximum absolute atomic E-state index is 6.31. The Balaban J connectivity index is 0.972. The SMILES string of the molecule is c1ccc(-c2cc(-c3ccccc3)cc(N(c3ccc(-c4ccc5c(c4)c(-c4ccccc4)c(-c4ccccc4)c4ccccc45)cc3)c3ccc(-c4cccc5oc6ccccc6c45)cc3)c2)cc1. The fourth-order valence-electron chi connectivity index (χ4n) is 10.6. The van der Waals surface area contributed by atoms with Crippen molar-refractivity contribution in [2.45, 2.75) is 0 Å². The van der Waals surface area contributed by atoms with Crippen molar-refractivity contribution >= 4 is 60.5 Å². The Morgan fingerprint density at radius 2 is 0.671 bits per heavy atom. The van der Waals surface area contributed by atoms with Crippen molar-refractivity contribution < 1.29 is 4.42 Å². The van der Waals surface area contributed by atoms with E-state index in [9.17, 15) is 0 Å². The zero-order valence-electron chi connectivity index (χ0n) is 38.3. The Morgan fingerprint density at radius 3 is 1.27 bits per heavy atom. The van der Waals surface area contributed by atoms with Crippen LogP contribution < -0.4 is 4.90 Å². The van der Waals surface area contributed by atoms with Crippen LogP contribution in [0, 0.1) is 0 Å². The number of benzene rings is 12. The maximum atomic E-state index is 6.31. The van der Waals surface area contributed by atoms with Crippen LogP contribution >= 0.6 is 0 Å². The molecule has 0 atom stereocenters. The van der Waals surface area contributed by atoms with Gasteiger partial charge in [-0.1, -0.05) is 212 Å². The molecule has 1 aromatic heterocycles. The monoisotopic (exact) mass is 891 g/mol. The Labute approximate surface area is 407 Å². The molecule has 0 amide bonds. The lowest BCUT2D eigenvalue weighted by Gasteiger charge is -2.27. The zero-order chi connectivity index (χ0) is 46.4. The van der Waals surface area contributed by atoms with Gasteiger partial charge in [-0.05, 0) is 149 Å². The second-order valence-corrected chi connectivity index (χ2v) is 18.0. The van der Waals surface area contributed by atoms with E-state index >= 15 is 0 Å². The summed E-state index contributed by atoms with van der Waals surface area (Å²) in [6, 6.07) is 98.7. The zero-order valence-corrected chi connectivity index (χ0v) is 38.3.